The van der Waals surface area contributed by atoms with Crippen molar-refractivity contribution in [1.82, 2.24) is 5.06 Å². The van der Waals surface area contributed by atoms with Gasteiger partial charge in [0.1, 0.15) is 12.5 Å². The molecule has 7 unspecified atom stereocenters. The molecule has 0 radical (unpaired) electrons. The van der Waals surface area contributed by atoms with Crippen LogP contribution in [0.3, 0.4) is 0 Å². The molecule has 2 aliphatic carbocycles. The minimum absolute atomic E-state index is 0.0981. The number of hydrogen-bond acceptors (Lipinski definition) is 5. The van der Waals surface area contributed by atoms with Crippen molar-refractivity contribution >= 4 is 0 Å². The highest BCUT2D eigenvalue weighted by Crippen LogP contribution is 2.58. The Bertz CT molecular complexity index is 334. The number of fused-ring (bicyclic) bond motifs is 5. The fraction of sp³-hybridized carbons (Fsp3) is 1.00. The third kappa shape index (κ3) is 2.03. The van der Waals surface area contributed by atoms with E-state index in [9.17, 15) is 15.3 Å². The Morgan fingerprint density at radius 2 is 1.53 bits per heavy atom. The maximum Gasteiger partial charge on any atom is 0.179 e. The highest BCUT2D eigenvalue weighted by Gasteiger charge is 2.61. The molecule has 1 aliphatic heterocycles. The summed E-state index contributed by atoms with van der Waals surface area (Å²) in [5.74, 6) is 1.20. The van der Waals surface area contributed by atoms with Gasteiger partial charge in [0, 0.05) is 17.3 Å². The quantitative estimate of drug-likeness (QED) is 0.651. The molecule has 2 saturated carbocycles. The molecule has 3 aliphatic rings. The molecule has 1 heterocycles. The average molecular weight is 271 g/mol. The monoisotopic (exact) mass is 271 g/mol. The van der Waals surface area contributed by atoms with Gasteiger partial charge in [0.2, 0.25) is 0 Å². The van der Waals surface area contributed by atoms with Crippen LogP contribution >= 0.6 is 0 Å². The molecule has 0 aromatic carbocycles. The molecule has 0 aromatic rings. The number of hydrogen-bond donors (Lipinski definition) is 3. The third-order valence-corrected chi connectivity index (χ3v) is 5.22. The van der Waals surface area contributed by atoms with E-state index in [0.29, 0.717) is 11.8 Å². The topological polar surface area (TPSA) is 73.2 Å². The molecule has 0 aromatic heterocycles. The van der Waals surface area contributed by atoms with Crippen LogP contribution in [0.5, 0.6) is 0 Å². The van der Waals surface area contributed by atoms with Crippen LogP contribution in [0.2, 0.25) is 0 Å². The van der Waals surface area contributed by atoms with E-state index in [-0.39, 0.29) is 11.8 Å². The van der Waals surface area contributed by atoms with Gasteiger partial charge < -0.3 is 15.3 Å². The van der Waals surface area contributed by atoms with E-state index in [1.165, 1.54) is 5.06 Å². The molecule has 3 N–H and O–H groups in total. The molecule has 0 spiro atoms. The van der Waals surface area contributed by atoms with Crippen molar-refractivity contribution in [2.45, 2.75) is 58.8 Å². The Balaban J connectivity index is 1.74. The van der Waals surface area contributed by atoms with Crippen molar-refractivity contribution < 1.29 is 20.2 Å². The number of aliphatic hydroxyl groups excluding tert-OH is 3. The standard InChI is InChI=1S/C14H25NO4/c1-14(2,3)13(18)19-15-11(16)9-7-4-5-8(6-7)10(9)12(15)17/h7-13,16-18H,4-6H2,1-3H3. The molecule has 0 amide bonds. The van der Waals surface area contributed by atoms with E-state index in [1.54, 1.807) is 0 Å². The summed E-state index contributed by atoms with van der Waals surface area (Å²) >= 11 is 0. The van der Waals surface area contributed by atoms with Crippen LogP contribution in [0.1, 0.15) is 40.0 Å². The minimum Gasteiger partial charge on any atom is -0.376 e. The van der Waals surface area contributed by atoms with E-state index in [2.05, 4.69) is 0 Å². The maximum absolute atomic E-state index is 10.4. The smallest absolute Gasteiger partial charge is 0.179 e. The van der Waals surface area contributed by atoms with E-state index in [1.807, 2.05) is 20.8 Å². The van der Waals surface area contributed by atoms with Gasteiger partial charge in [0.15, 0.2) is 6.29 Å². The first kappa shape index (κ1) is 13.8. The van der Waals surface area contributed by atoms with Crippen LogP contribution < -0.4 is 0 Å². The van der Waals surface area contributed by atoms with E-state index in [0.717, 1.165) is 19.3 Å². The van der Waals surface area contributed by atoms with Crippen molar-refractivity contribution in [2.75, 3.05) is 0 Å². The van der Waals surface area contributed by atoms with Gasteiger partial charge in [-0.2, -0.15) is 0 Å². The Morgan fingerprint density at radius 3 is 1.95 bits per heavy atom. The molecule has 7 atom stereocenters. The van der Waals surface area contributed by atoms with Crippen LogP contribution in [0, 0.1) is 29.1 Å². The lowest BCUT2D eigenvalue weighted by molar-refractivity contribution is -0.362. The number of rotatable bonds is 2. The summed E-state index contributed by atoms with van der Waals surface area (Å²) in [6, 6.07) is 0. The largest absolute Gasteiger partial charge is 0.376 e. The summed E-state index contributed by atoms with van der Waals surface area (Å²) in [6.07, 6.45) is 0.781. The summed E-state index contributed by atoms with van der Waals surface area (Å²) in [7, 11) is 0. The van der Waals surface area contributed by atoms with Crippen LogP contribution in [0.15, 0.2) is 0 Å². The van der Waals surface area contributed by atoms with Crippen LogP contribution in [0.4, 0.5) is 0 Å². The Morgan fingerprint density at radius 1 is 1.05 bits per heavy atom. The Labute approximate surface area is 114 Å². The average Bonchev–Trinajstić information content (AvgIpc) is 2.97. The zero-order valence-electron chi connectivity index (χ0n) is 11.9. The Kier molecular flexibility index (Phi) is 3.19. The number of nitrogens with zero attached hydrogens (tertiary/aromatic N) is 1. The van der Waals surface area contributed by atoms with E-state index in [4.69, 9.17) is 4.84 Å². The van der Waals surface area contributed by atoms with Crippen molar-refractivity contribution in [3.8, 4) is 0 Å². The summed E-state index contributed by atoms with van der Waals surface area (Å²) in [5.41, 5.74) is -0.448. The SMILES string of the molecule is CC(C)(C)C(O)ON1C(O)C2C3CCC(C3)C2C1O. The van der Waals surface area contributed by atoms with Crippen LogP contribution in [-0.2, 0) is 4.84 Å². The van der Waals surface area contributed by atoms with E-state index < -0.39 is 24.2 Å². The van der Waals surface area contributed by atoms with Gasteiger partial charge in [-0.15, -0.1) is 5.06 Å². The summed E-state index contributed by atoms with van der Waals surface area (Å²) in [6.45, 7) is 5.57. The van der Waals surface area contributed by atoms with Gasteiger partial charge in [-0.3, -0.25) is 4.84 Å². The predicted molar refractivity (Wildman–Crippen MR) is 68.2 cm³/mol. The highest BCUT2D eigenvalue weighted by atomic mass is 16.8. The molecular weight excluding hydrogens is 246 g/mol. The van der Waals surface area contributed by atoms with Gasteiger partial charge in [-0.25, -0.2) is 0 Å². The molecular formula is C14H25NO4. The first-order valence-corrected chi connectivity index (χ1v) is 7.30. The van der Waals surface area contributed by atoms with Crippen molar-refractivity contribution in [1.29, 1.82) is 0 Å². The second kappa shape index (κ2) is 4.40. The molecule has 19 heavy (non-hydrogen) atoms. The second-order valence-electron chi connectivity index (χ2n) is 7.50. The lowest BCUT2D eigenvalue weighted by atomic mass is 9.80. The fourth-order valence-electron chi connectivity index (χ4n) is 4.16. The molecule has 3 fully saturated rings. The van der Waals surface area contributed by atoms with Gasteiger partial charge in [0.05, 0.1) is 0 Å². The molecule has 5 heteroatoms. The molecule has 2 bridgehead atoms. The lowest BCUT2D eigenvalue weighted by Crippen LogP contribution is -2.45. The predicted octanol–water partition coefficient (Wildman–Crippen LogP) is 0.897. The van der Waals surface area contributed by atoms with Crippen molar-refractivity contribution in [2.24, 2.45) is 29.1 Å². The van der Waals surface area contributed by atoms with E-state index >= 15 is 0 Å². The number of hydroxylamine groups is 2. The Hall–Kier alpha value is -0.200. The molecule has 3 rings (SSSR count). The molecule has 1 saturated heterocycles. The summed E-state index contributed by atoms with van der Waals surface area (Å²) < 4.78 is 0. The van der Waals surface area contributed by atoms with Crippen LogP contribution in [-0.4, -0.2) is 39.1 Å². The first-order valence-electron chi connectivity index (χ1n) is 7.30. The van der Waals surface area contributed by atoms with Crippen molar-refractivity contribution in [3.63, 3.8) is 0 Å². The van der Waals surface area contributed by atoms with Crippen LogP contribution in [0.25, 0.3) is 0 Å². The zero-order valence-corrected chi connectivity index (χ0v) is 11.9. The highest BCUT2D eigenvalue weighted by molar-refractivity contribution is 5.04. The molecule has 5 nitrogen and oxygen atoms in total. The minimum atomic E-state index is -1.03. The normalized spacial score (nSPS) is 47.7. The van der Waals surface area contributed by atoms with Gasteiger partial charge in [-0.05, 0) is 31.1 Å². The van der Waals surface area contributed by atoms with Gasteiger partial charge in [0.25, 0.3) is 0 Å². The fourth-order valence-corrected chi connectivity index (χ4v) is 4.16. The first-order chi connectivity index (χ1) is 8.80. The van der Waals surface area contributed by atoms with Crippen molar-refractivity contribution in [3.05, 3.63) is 0 Å². The summed E-state index contributed by atoms with van der Waals surface area (Å²) in [4.78, 5) is 5.45. The second-order valence-corrected chi connectivity index (χ2v) is 7.50. The zero-order chi connectivity index (χ0) is 13.9. The molecule has 110 valence electrons. The number of aliphatic hydroxyl groups is 3. The third-order valence-electron chi connectivity index (χ3n) is 5.22. The lowest BCUT2D eigenvalue weighted by Gasteiger charge is -2.33. The van der Waals surface area contributed by atoms with Gasteiger partial charge in [-0.1, -0.05) is 20.8 Å². The van der Waals surface area contributed by atoms with Gasteiger partial charge >= 0.3 is 0 Å². The summed E-state index contributed by atoms with van der Waals surface area (Å²) in [5, 5.41) is 32.0. The maximum atomic E-state index is 10.4.